The molecule has 3 heteroatoms. The third kappa shape index (κ3) is 4.99. The van der Waals surface area contributed by atoms with Crippen LogP contribution in [0.2, 0.25) is 0 Å². The monoisotopic (exact) mass is 113 g/mol. The van der Waals surface area contributed by atoms with Gasteiger partial charge < -0.3 is 10.5 Å². The van der Waals surface area contributed by atoms with Gasteiger partial charge in [-0.25, -0.2) is 0 Å². The molecule has 0 fully saturated rings. The van der Waals surface area contributed by atoms with Crippen molar-refractivity contribution < 1.29 is 9.53 Å². The molecule has 0 unspecified atom stereocenters. The molecule has 0 saturated heterocycles. The zero-order chi connectivity index (χ0) is 6.41. The Morgan fingerprint density at radius 2 is 2.50 bits per heavy atom. The number of carbonyl (C=O) groups is 1. The summed E-state index contributed by atoms with van der Waals surface area (Å²) in [6.07, 6.45) is 0. The lowest BCUT2D eigenvalue weighted by molar-refractivity contribution is -0.112. The van der Waals surface area contributed by atoms with Gasteiger partial charge in [0.05, 0.1) is 0 Å². The van der Waals surface area contributed by atoms with E-state index in [9.17, 15) is 4.79 Å². The topological polar surface area (TPSA) is 52.3 Å². The van der Waals surface area contributed by atoms with Gasteiger partial charge >= 0.3 is 0 Å². The highest BCUT2D eigenvalue weighted by atomic mass is 16.5. The molecule has 0 rings (SSSR count). The van der Waals surface area contributed by atoms with Crippen LogP contribution in [0.3, 0.4) is 0 Å². The Morgan fingerprint density at radius 3 is 2.88 bits per heavy atom. The summed E-state index contributed by atoms with van der Waals surface area (Å²) in [5.41, 5.74) is 4.67. The number of amides is 1. The van der Waals surface area contributed by atoms with E-state index in [0.717, 1.165) is 0 Å². The van der Waals surface area contributed by atoms with E-state index < -0.39 is 5.91 Å². The smallest absolute Gasteiger partial charge is 0.293 e. The molecule has 0 aliphatic rings. The minimum Gasteiger partial charge on any atom is -0.372 e. The molecule has 0 aromatic heterocycles. The number of carbonyl (C=O) groups excluding carboxylic acids is 1. The SMILES string of the molecule is COCC#CC(N)=O. The first kappa shape index (κ1) is 6.99. The number of nitrogens with two attached hydrogens (primary N) is 1. The van der Waals surface area contributed by atoms with E-state index in [1.165, 1.54) is 7.11 Å². The van der Waals surface area contributed by atoms with E-state index in [4.69, 9.17) is 0 Å². The Morgan fingerprint density at radius 1 is 1.88 bits per heavy atom. The van der Waals surface area contributed by atoms with Crippen molar-refractivity contribution in [2.45, 2.75) is 0 Å². The van der Waals surface area contributed by atoms with Crippen molar-refractivity contribution in [1.82, 2.24) is 0 Å². The van der Waals surface area contributed by atoms with Crippen LogP contribution in [0.5, 0.6) is 0 Å². The summed E-state index contributed by atoms with van der Waals surface area (Å²) >= 11 is 0. The summed E-state index contributed by atoms with van der Waals surface area (Å²) in [5, 5.41) is 0. The molecule has 0 atom stereocenters. The van der Waals surface area contributed by atoms with E-state index in [0.29, 0.717) is 0 Å². The summed E-state index contributed by atoms with van der Waals surface area (Å²) in [7, 11) is 1.50. The number of rotatable bonds is 1. The quantitative estimate of drug-likeness (QED) is 0.449. The van der Waals surface area contributed by atoms with Crippen LogP contribution < -0.4 is 5.73 Å². The van der Waals surface area contributed by atoms with E-state index in [1.807, 2.05) is 0 Å². The van der Waals surface area contributed by atoms with E-state index in [2.05, 4.69) is 22.3 Å². The van der Waals surface area contributed by atoms with Crippen LogP contribution in [0, 0.1) is 11.8 Å². The molecule has 0 saturated carbocycles. The van der Waals surface area contributed by atoms with Gasteiger partial charge in [0.1, 0.15) is 6.61 Å². The normalized spacial score (nSPS) is 7.12. The first-order valence-electron chi connectivity index (χ1n) is 2.04. The molecule has 0 radical (unpaired) electrons. The van der Waals surface area contributed by atoms with Gasteiger partial charge in [-0.1, -0.05) is 5.92 Å². The summed E-state index contributed by atoms with van der Waals surface area (Å²) in [6, 6.07) is 0. The van der Waals surface area contributed by atoms with Gasteiger partial charge in [0.15, 0.2) is 0 Å². The van der Waals surface area contributed by atoms with Gasteiger partial charge in [-0.2, -0.15) is 0 Å². The van der Waals surface area contributed by atoms with Crippen molar-refractivity contribution in [3.8, 4) is 11.8 Å². The van der Waals surface area contributed by atoms with Crippen LogP contribution in [-0.2, 0) is 9.53 Å². The lowest BCUT2D eigenvalue weighted by Gasteiger charge is -1.79. The van der Waals surface area contributed by atoms with Crippen molar-refractivity contribution in [3.05, 3.63) is 0 Å². The van der Waals surface area contributed by atoms with Gasteiger partial charge in [0, 0.05) is 7.11 Å². The molecule has 0 spiro atoms. The lowest BCUT2D eigenvalue weighted by Crippen LogP contribution is -2.06. The zero-order valence-corrected chi connectivity index (χ0v) is 4.60. The Hall–Kier alpha value is -1.01. The number of hydrogen-bond donors (Lipinski definition) is 1. The number of methoxy groups -OCH3 is 1. The van der Waals surface area contributed by atoms with Crippen LogP contribution in [0.25, 0.3) is 0 Å². The molecule has 0 aromatic carbocycles. The first-order valence-corrected chi connectivity index (χ1v) is 2.04. The van der Waals surface area contributed by atoms with Crippen molar-refractivity contribution in [2.75, 3.05) is 13.7 Å². The second kappa shape index (κ2) is 4.16. The summed E-state index contributed by atoms with van der Waals surface area (Å²) in [6.45, 7) is 0.253. The Balaban J connectivity index is 3.35. The molecule has 0 aliphatic heterocycles. The van der Waals surface area contributed by atoms with Crippen molar-refractivity contribution in [1.29, 1.82) is 0 Å². The van der Waals surface area contributed by atoms with E-state index >= 15 is 0 Å². The van der Waals surface area contributed by atoms with Crippen LogP contribution in [0.15, 0.2) is 0 Å². The molecule has 44 valence electrons. The van der Waals surface area contributed by atoms with Gasteiger partial charge in [0.25, 0.3) is 5.91 Å². The average molecular weight is 113 g/mol. The highest BCUT2D eigenvalue weighted by Gasteiger charge is 1.76. The average Bonchev–Trinajstić information content (AvgIpc) is 1.66. The van der Waals surface area contributed by atoms with Crippen LogP contribution in [0.1, 0.15) is 0 Å². The highest BCUT2D eigenvalue weighted by Crippen LogP contribution is 1.59. The molecular formula is C5H7NO2. The van der Waals surface area contributed by atoms with Crippen molar-refractivity contribution >= 4 is 5.91 Å². The fourth-order valence-corrected chi connectivity index (χ4v) is 0.195. The maximum absolute atomic E-state index is 9.87. The predicted octanol–water partition coefficient (Wildman–Crippen LogP) is -0.879. The molecule has 0 aromatic rings. The van der Waals surface area contributed by atoms with Crippen LogP contribution in [0.4, 0.5) is 0 Å². The first-order chi connectivity index (χ1) is 3.77. The van der Waals surface area contributed by atoms with E-state index in [-0.39, 0.29) is 6.61 Å². The van der Waals surface area contributed by atoms with Gasteiger partial charge in [-0.05, 0) is 5.92 Å². The summed E-state index contributed by atoms with van der Waals surface area (Å²) in [5.74, 6) is 3.87. The third-order valence-electron chi connectivity index (χ3n) is 0.428. The van der Waals surface area contributed by atoms with Gasteiger partial charge in [0.2, 0.25) is 0 Å². The van der Waals surface area contributed by atoms with Crippen LogP contribution >= 0.6 is 0 Å². The Labute approximate surface area is 47.8 Å². The molecule has 0 bridgehead atoms. The lowest BCUT2D eigenvalue weighted by atomic mass is 10.6. The predicted molar refractivity (Wildman–Crippen MR) is 28.8 cm³/mol. The maximum Gasteiger partial charge on any atom is 0.293 e. The maximum atomic E-state index is 9.87. The molecule has 0 heterocycles. The Kier molecular flexibility index (Phi) is 3.63. The van der Waals surface area contributed by atoms with Crippen molar-refractivity contribution in [3.63, 3.8) is 0 Å². The second-order valence-corrected chi connectivity index (χ2v) is 1.10. The summed E-state index contributed by atoms with van der Waals surface area (Å²) in [4.78, 5) is 9.87. The largest absolute Gasteiger partial charge is 0.372 e. The van der Waals surface area contributed by atoms with Crippen LogP contribution in [-0.4, -0.2) is 19.6 Å². The number of primary amides is 1. The molecule has 1 amide bonds. The van der Waals surface area contributed by atoms with E-state index in [1.54, 1.807) is 0 Å². The molecular weight excluding hydrogens is 106 g/mol. The molecule has 2 N–H and O–H groups in total. The summed E-state index contributed by atoms with van der Waals surface area (Å²) < 4.78 is 4.51. The number of hydrogen-bond acceptors (Lipinski definition) is 2. The van der Waals surface area contributed by atoms with Crippen molar-refractivity contribution in [2.24, 2.45) is 5.73 Å². The molecule has 8 heavy (non-hydrogen) atoms. The minimum atomic E-state index is -0.623. The molecule has 3 nitrogen and oxygen atoms in total. The number of ether oxygens (including phenoxy) is 1. The van der Waals surface area contributed by atoms with Gasteiger partial charge in [-0.3, -0.25) is 4.79 Å². The zero-order valence-electron chi connectivity index (χ0n) is 4.60. The Bertz CT molecular complexity index is 131. The highest BCUT2D eigenvalue weighted by molar-refractivity contribution is 5.91. The second-order valence-electron chi connectivity index (χ2n) is 1.10. The fraction of sp³-hybridized carbons (Fsp3) is 0.400. The van der Waals surface area contributed by atoms with Gasteiger partial charge in [-0.15, -0.1) is 0 Å². The minimum absolute atomic E-state index is 0.253. The fourth-order valence-electron chi connectivity index (χ4n) is 0.195. The standard InChI is InChI=1S/C5H7NO2/c1-8-4-2-3-5(6)7/h4H2,1H3,(H2,6,7). The molecule has 0 aliphatic carbocycles. The third-order valence-corrected chi connectivity index (χ3v) is 0.428.